The zero-order chi connectivity index (χ0) is 20.7. The van der Waals surface area contributed by atoms with Gasteiger partial charge in [0, 0.05) is 29.6 Å². The molecule has 1 amide bonds. The first kappa shape index (κ1) is 19.0. The van der Waals surface area contributed by atoms with Crippen LogP contribution in [0, 0.1) is 13.8 Å². The Bertz CT molecular complexity index is 1110. The van der Waals surface area contributed by atoms with Crippen LogP contribution in [0.2, 0.25) is 0 Å². The van der Waals surface area contributed by atoms with Gasteiger partial charge < -0.3 is 15.1 Å². The highest BCUT2D eigenvalue weighted by atomic mass is 16.3. The minimum atomic E-state index is -0.270. The lowest BCUT2D eigenvalue weighted by Crippen LogP contribution is -2.42. The van der Waals surface area contributed by atoms with E-state index in [2.05, 4.69) is 24.0 Å². The van der Waals surface area contributed by atoms with Crippen molar-refractivity contribution in [1.29, 1.82) is 0 Å². The molecule has 29 heavy (non-hydrogen) atoms. The second-order valence-corrected chi connectivity index (χ2v) is 7.79. The molecule has 3 aromatic rings. The van der Waals surface area contributed by atoms with Crippen molar-refractivity contribution < 1.29 is 15.0 Å². The predicted octanol–water partition coefficient (Wildman–Crippen LogP) is 4.76. The number of hydrogen-bond donors (Lipinski definition) is 2. The molecule has 1 aliphatic rings. The molecule has 0 bridgehead atoms. The SMILES string of the molecule is Cc1cnc(-c2ccc3c(c2)CCC(C)N3C(=O)c2ccc(O)cc2O)c(C)c1. The third kappa shape index (κ3) is 3.44. The summed E-state index contributed by atoms with van der Waals surface area (Å²) in [6.07, 6.45) is 3.58. The largest absolute Gasteiger partial charge is 0.508 e. The molecule has 4 rings (SSSR count). The number of rotatable bonds is 2. The van der Waals surface area contributed by atoms with E-state index in [0.29, 0.717) is 0 Å². The number of phenols is 2. The molecule has 2 aromatic carbocycles. The van der Waals surface area contributed by atoms with E-state index in [1.54, 1.807) is 4.90 Å². The number of phenolic OH excluding ortho intramolecular Hbond substituents is 2. The number of aryl methyl sites for hydroxylation is 3. The van der Waals surface area contributed by atoms with Crippen LogP contribution in [-0.2, 0) is 6.42 Å². The summed E-state index contributed by atoms with van der Waals surface area (Å²) in [5.74, 6) is -0.560. The summed E-state index contributed by atoms with van der Waals surface area (Å²) in [6, 6.07) is 12.3. The van der Waals surface area contributed by atoms with Gasteiger partial charge in [0.25, 0.3) is 5.91 Å². The Hall–Kier alpha value is -3.34. The van der Waals surface area contributed by atoms with Gasteiger partial charge in [-0.05, 0) is 74.6 Å². The van der Waals surface area contributed by atoms with Crippen molar-refractivity contribution in [2.24, 2.45) is 0 Å². The molecule has 0 saturated carbocycles. The Morgan fingerprint density at radius 1 is 1.10 bits per heavy atom. The van der Waals surface area contributed by atoms with Crippen molar-refractivity contribution in [1.82, 2.24) is 4.98 Å². The summed E-state index contributed by atoms with van der Waals surface area (Å²) >= 11 is 0. The summed E-state index contributed by atoms with van der Waals surface area (Å²) in [7, 11) is 0. The zero-order valence-electron chi connectivity index (χ0n) is 16.8. The fourth-order valence-corrected chi connectivity index (χ4v) is 4.06. The molecule has 148 valence electrons. The number of amides is 1. The van der Waals surface area contributed by atoms with E-state index in [1.165, 1.54) is 18.2 Å². The summed E-state index contributed by atoms with van der Waals surface area (Å²) in [5.41, 5.74) is 6.37. The molecule has 1 unspecified atom stereocenters. The first-order valence-corrected chi connectivity index (χ1v) is 9.77. The van der Waals surface area contributed by atoms with Crippen LogP contribution in [0.15, 0.2) is 48.7 Å². The summed E-state index contributed by atoms with van der Waals surface area (Å²) in [5, 5.41) is 19.7. The van der Waals surface area contributed by atoms with Gasteiger partial charge in [-0.3, -0.25) is 9.78 Å². The number of aromatic nitrogens is 1. The third-order valence-corrected chi connectivity index (χ3v) is 5.53. The number of carbonyl (C=O) groups is 1. The Labute approximate surface area is 170 Å². The van der Waals surface area contributed by atoms with Crippen LogP contribution >= 0.6 is 0 Å². The number of nitrogens with zero attached hydrogens (tertiary/aromatic N) is 2. The van der Waals surface area contributed by atoms with Gasteiger partial charge in [0.05, 0.1) is 11.3 Å². The lowest BCUT2D eigenvalue weighted by atomic mass is 9.92. The van der Waals surface area contributed by atoms with Crippen molar-refractivity contribution in [2.45, 2.75) is 39.7 Å². The Morgan fingerprint density at radius 2 is 1.90 bits per heavy atom. The van der Waals surface area contributed by atoms with Crippen molar-refractivity contribution in [2.75, 3.05) is 4.90 Å². The number of anilines is 1. The average Bonchev–Trinajstić information content (AvgIpc) is 2.67. The Morgan fingerprint density at radius 3 is 2.62 bits per heavy atom. The van der Waals surface area contributed by atoms with Crippen molar-refractivity contribution in [3.05, 3.63) is 70.9 Å². The number of carbonyl (C=O) groups excluding carboxylic acids is 1. The van der Waals surface area contributed by atoms with E-state index >= 15 is 0 Å². The summed E-state index contributed by atoms with van der Waals surface area (Å²) < 4.78 is 0. The number of aromatic hydroxyl groups is 2. The highest BCUT2D eigenvalue weighted by Gasteiger charge is 2.30. The average molecular weight is 388 g/mol. The van der Waals surface area contributed by atoms with E-state index in [4.69, 9.17) is 0 Å². The maximum Gasteiger partial charge on any atom is 0.262 e. The van der Waals surface area contributed by atoms with Gasteiger partial charge in [0.2, 0.25) is 0 Å². The maximum atomic E-state index is 13.2. The molecule has 1 atom stereocenters. The van der Waals surface area contributed by atoms with Gasteiger partial charge in [-0.1, -0.05) is 12.1 Å². The van der Waals surface area contributed by atoms with Crippen LogP contribution in [0.25, 0.3) is 11.3 Å². The van der Waals surface area contributed by atoms with Gasteiger partial charge in [0.15, 0.2) is 0 Å². The fraction of sp³-hybridized carbons (Fsp3) is 0.250. The molecule has 0 fully saturated rings. The highest BCUT2D eigenvalue weighted by molar-refractivity contribution is 6.09. The Kier molecular flexibility index (Phi) is 4.74. The maximum absolute atomic E-state index is 13.2. The Balaban J connectivity index is 1.75. The lowest BCUT2D eigenvalue weighted by Gasteiger charge is -2.35. The van der Waals surface area contributed by atoms with Crippen LogP contribution in [0.1, 0.15) is 40.4 Å². The number of pyridine rings is 1. The number of fused-ring (bicyclic) bond motifs is 1. The quantitative estimate of drug-likeness (QED) is 0.664. The van der Waals surface area contributed by atoms with Crippen molar-refractivity contribution >= 4 is 11.6 Å². The molecule has 1 aromatic heterocycles. The van der Waals surface area contributed by atoms with E-state index in [-0.39, 0.29) is 29.0 Å². The van der Waals surface area contributed by atoms with Gasteiger partial charge in [0.1, 0.15) is 11.5 Å². The van der Waals surface area contributed by atoms with E-state index in [9.17, 15) is 15.0 Å². The molecule has 0 aliphatic carbocycles. The van der Waals surface area contributed by atoms with Crippen molar-refractivity contribution in [3.63, 3.8) is 0 Å². The van der Waals surface area contributed by atoms with Crippen molar-refractivity contribution in [3.8, 4) is 22.8 Å². The molecular formula is C24H24N2O3. The molecule has 0 spiro atoms. The van der Waals surface area contributed by atoms with Crippen LogP contribution in [0.5, 0.6) is 11.5 Å². The topological polar surface area (TPSA) is 73.7 Å². The van der Waals surface area contributed by atoms with Gasteiger partial charge in [-0.2, -0.15) is 0 Å². The van der Waals surface area contributed by atoms with E-state index in [1.807, 2.05) is 32.2 Å². The van der Waals surface area contributed by atoms with Gasteiger partial charge in [-0.15, -0.1) is 0 Å². The molecule has 5 nitrogen and oxygen atoms in total. The van der Waals surface area contributed by atoms with Gasteiger partial charge in [-0.25, -0.2) is 0 Å². The second kappa shape index (κ2) is 7.24. The molecule has 5 heteroatoms. The second-order valence-electron chi connectivity index (χ2n) is 7.79. The van der Waals surface area contributed by atoms with Crippen LogP contribution in [0.4, 0.5) is 5.69 Å². The van der Waals surface area contributed by atoms with Crippen LogP contribution in [-0.4, -0.2) is 27.1 Å². The number of benzene rings is 2. The predicted molar refractivity (Wildman–Crippen MR) is 114 cm³/mol. The van der Waals surface area contributed by atoms with Gasteiger partial charge >= 0.3 is 0 Å². The van der Waals surface area contributed by atoms with Crippen LogP contribution in [0.3, 0.4) is 0 Å². The van der Waals surface area contributed by atoms with Crippen LogP contribution < -0.4 is 4.90 Å². The minimum Gasteiger partial charge on any atom is -0.508 e. The first-order chi connectivity index (χ1) is 13.8. The molecular weight excluding hydrogens is 364 g/mol. The standard InChI is InChI=1S/C24H24N2O3/c1-14-10-15(2)23(25-13-14)18-6-9-21-17(11-18)5-4-16(3)26(21)24(29)20-8-7-19(27)12-22(20)28/h6-13,16,27-28H,4-5H2,1-3H3. The number of hydrogen-bond acceptors (Lipinski definition) is 4. The molecule has 2 N–H and O–H groups in total. The zero-order valence-corrected chi connectivity index (χ0v) is 16.8. The smallest absolute Gasteiger partial charge is 0.262 e. The van der Waals surface area contributed by atoms with E-state index in [0.717, 1.165) is 46.5 Å². The summed E-state index contributed by atoms with van der Waals surface area (Å²) in [6.45, 7) is 6.10. The molecule has 1 aliphatic heterocycles. The third-order valence-electron chi connectivity index (χ3n) is 5.53. The molecule has 0 radical (unpaired) electrons. The lowest BCUT2D eigenvalue weighted by molar-refractivity contribution is 0.0972. The fourth-order valence-electron chi connectivity index (χ4n) is 4.06. The molecule has 2 heterocycles. The first-order valence-electron chi connectivity index (χ1n) is 9.77. The van der Waals surface area contributed by atoms with E-state index < -0.39 is 0 Å². The minimum absolute atomic E-state index is 0.00768. The normalized spacial score (nSPS) is 15.8. The summed E-state index contributed by atoms with van der Waals surface area (Å²) in [4.78, 5) is 19.6. The highest BCUT2D eigenvalue weighted by Crippen LogP contribution is 2.36. The monoisotopic (exact) mass is 388 g/mol. The molecule has 0 saturated heterocycles.